The van der Waals surface area contributed by atoms with Crippen LogP contribution in [0.3, 0.4) is 0 Å². The summed E-state index contributed by atoms with van der Waals surface area (Å²) in [6.07, 6.45) is -2.10. The molecular formula is C10H17F2N3O2. The van der Waals surface area contributed by atoms with E-state index in [2.05, 4.69) is 15.5 Å². The molecule has 0 fully saturated rings. The summed E-state index contributed by atoms with van der Waals surface area (Å²) in [4.78, 5) is 0. The highest BCUT2D eigenvalue weighted by atomic mass is 19.3. The lowest BCUT2D eigenvalue weighted by Crippen LogP contribution is -2.17. The summed E-state index contributed by atoms with van der Waals surface area (Å²) < 4.78 is 33.6. The highest BCUT2D eigenvalue weighted by molar-refractivity contribution is 4.88. The quantitative estimate of drug-likeness (QED) is 0.708. The van der Waals surface area contributed by atoms with Gasteiger partial charge in [0.25, 0.3) is 6.43 Å². The van der Waals surface area contributed by atoms with Gasteiger partial charge in [-0.2, -0.15) is 0 Å². The summed E-state index contributed by atoms with van der Waals surface area (Å²) >= 11 is 0. The van der Waals surface area contributed by atoms with Crippen molar-refractivity contribution in [3.05, 3.63) is 11.8 Å². The monoisotopic (exact) mass is 249 g/mol. The van der Waals surface area contributed by atoms with E-state index in [9.17, 15) is 8.78 Å². The number of aromatic nitrogens is 2. The molecule has 0 aliphatic carbocycles. The van der Waals surface area contributed by atoms with Crippen LogP contribution in [-0.2, 0) is 11.2 Å². The van der Waals surface area contributed by atoms with Crippen LogP contribution in [0.2, 0.25) is 0 Å². The van der Waals surface area contributed by atoms with Crippen LogP contribution < -0.4 is 5.32 Å². The van der Waals surface area contributed by atoms with E-state index < -0.39 is 13.0 Å². The Labute approximate surface area is 98.5 Å². The molecule has 0 aliphatic heterocycles. The molecule has 0 aliphatic rings. The van der Waals surface area contributed by atoms with Gasteiger partial charge in [-0.3, -0.25) is 0 Å². The van der Waals surface area contributed by atoms with Crippen molar-refractivity contribution in [3.63, 3.8) is 0 Å². The summed E-state index contributed by atoms with van der Waals surface area (Å²) in [5.41, 5.74) is 0. The molecule has 1 aromatic rings. The van der Waals surface area contributed by atoms with Crippen LogP contribution in [0, 0.1) is 0 Å². The first kappa shape index (κ1) is 14.0. The summed E-state index contributed by atoms with van der Waals surface area (Å²) in [7, 11) is 0. The molecule has 0 saturated heterocycles. The molecule has 1 N–H and O–H groups in total. The fourth-order valence-corrected chi connectivity index (χ4v) is 1.27. The van der Waals surface area contributed by atoms with Crippen molar-refractivity contribution < 1.29 is 17.9 Å². The van der Waals surface area contributed by atoms with E-state index in [1.807, 2.05) is 13.8 Å². The van der Waals surface area contributed by atoms with Gasteiger partial charge in [-0.25, -0.2) is 8.78 Å². The molecule has 0 bridgehead atoms. The topological polar surface area (TPSA) is 60.2 Å². The number of hydrogen-bond acceptors (Lipinski definition) is 5. The van der Waals surface area contributed by atoms with Crippen molar-refractivity contribution >= 4 is 0 Å². The van der Waals surface area contributed by atoms with Crippen molar-refractivity contribution in [1.82, 2.24) is 15.5 Å². The number of hydrogen-bond donors (Lipinski definition) is 1. The smallest absolute Gasteiger partial charge is 0.261 e. The molecule has 0 amide bonds. The van der Waals surface area contributed by atoms with E-state index >= 15 is 0 Å². The third-order valence-corrected chi connectivity index (χ3v) is 2.07. The van der Waals surface area contributed by atoms with Crippen LogP contribution in [0.25, 0.3) is 0 Å². The summed E-state index contributed by atoms with van der Waals surface area (Å²) in [6, 6.07) is -0.0109. The molecule has 0 spiro atoms. The molecule has 7 heteroatoms. The number of nitrogens with one attached hydrogen (secondary N) is 1. The zero-order valence-corrected chi connectivity index (χ0v) is 9.95. The van der Waals surface area contributed by atoms with Gasteiger partial charge < -0.3 is 14.5 Å². The highest BCUT2D eigenvalue weighted by Crippen LogP contribution is 2.10. The van der Waals surface area contributed by atoms with Crippen LogP contribution >= 0.6 is 0 Å². The molecule has 5 nitrogen and oxygen atoms in total. The van der Waals surface area contributed by atoms with Crippen molar-refractivity contribution in [3.8, 4) is 0 Å². The Hall–Kier alpha value is -1.08. The maximum absolute atomic E-state index is 11.8. The lowest BCUT2D eigenvalue weighted by molar-refractivity contribution is 0.0173. The van der Waals surface area contributed by atoms with E-state index in [0.717, 1.165) is 6.54 Å². The van der Waals surface area contributed by atoms with Gasteiger partial charge in [0, 0.05) is 6.42 Å². The minimum Gasteiger partial charge on any atom is -0.423 e. The molecule has 0 radical (unpaired) electrons. The van der Waals surface area contributed by atoms with Gasteiger partial charge in [0.05, 0.1) is 12.6 Å². The van der Waals surface area contributed by atoms with Gasteiger partial charge in [0.1, 0.15) is 6.61 Å². The minimum absolute atomic E-state index is 0.0109. The lowest BCUT2D eigenvalue weighted by atomic mass is 10.3. The standard InChI is InChI=1S/C10H17F2N3O2/c1-3-13-7(2)10-15-14-9(17-10)4-5-16-6-8(11)12/h7-8,13H,3-6H2,1-2H3. The molecule has 0 aromatic carbocycles. The van der Waals surface area contributed by atoms with Crippen LogP contribution in [0.4, 0.5) is 8.78 Å². The molecule has 0 saturated carbocycles. The first-order valence-corrected chi connectivity index (χ1v) is 5.55. The zero-order chi connectivity index (χ0) is 12.7. The van der Waals surface area contributed by atoms with Crippen molar-refractivity contribution in [2.75, 3.05) is 19.8 Å². The molecule has 1 atom stereocenters. The van der Waals surface area contributed by atoms with Gasteiger partial charge in [0.2, 0.25) is 11.8 Å². The molecule has 1 unspecified atom stereocenters. The van der Waals surface area contributed by atoms with E-state index in [0.29, 0.717) is 18.2 Å². The fourth-order valence-electron chi connectivity index (χ4n) is 1.27. The Bertz CT molecular complexity index is 320. The first-order valence-electron chi connectivity index (χ1n) is 5.55. The number of halogens is 2. The number of rotatable bonds is 8. The number of ether oxygens (including phenoxy) is 1. The molecule has 17 heavy (non-hydrogen) atoms. The van der Waals surface area contributed by atoms with E-state index in [-0.39, 0.29) is 12.6 Å². The van der Waals surface area contributed by atoms with E-state index in [1.54, 1.807) is 0 Å². The van der Waals surface area contributed by atoms with Crippen LogP contribution in [0.5, 0.6) is 0 Å². The maximum Gasteiger partial charge on any atom is 0.261 e. The van der Waals surface area contributed by atoms with Gasteiger partial charge in [-0.1, -0.05) is 6.92 Å². The maximum atomic E-state index is 11.8. The average molecular weight is 249 g/mol. The average Bonchev–Trinajstić information content (AvgIpc) is 2.73. The lowest BCUT2D eigenvalue weighted by Gasteiger charge is -2.05. The summed E-state index contributed by atoms with van der Waals surface area (Å²) in [6.45, 7) is 4.28. The third kappa shape index (κ3) is 5.18. The van der Waals surface area contributed by atoms with Crippen molar-refractivity contribution in [2.24, 2.45) is 0 Å². The van der Waals surface area contributed by atoms with Gasteiger partial charge in [0.15, 0.2) is 0 Å². The Kier molecular flexibility index (Phi) is 5.99. The van der Waals surface area contributed by atoms with Crippen LogP contribution in [-0.4, -0.2) is 36.4 Å². The zero-order valence-electron chi connectivity index (χ0n) is 9.95. The third-order valence-electron chi connectivity index (χ3n) is 2.07. The van der Waals surface area contributed by atoms with E-state index in [4.69, 9.17) is 9.15 Å². The summed E-state index contributed by atoms with van der Waals surface area (Å²) in [5.74, 6) is 0.898. The SMILES string of the molecule is CCNC(C)c1nnc(CCOCC(F)F)o1. The molecule has 1 aromatic heterocycles. The van der Waals surface area contributed by atoms with Crippen LogP contribution in [0.15, 0.2) is 4.42 Å². The minimum atomic E-state index is -2.44. The molecule has 1 heterocycles. The number of alkyl halides is 2. The molecule has 98 valence electrons. The number of nitrogens with zero attached hydrogens (tertiary/aromatic N) is 2. The highest BCUT2D eigenvalue weighted by Gasteiger charge is 2.12. The normalized spacial score (nSPS) is 13.2. The van der Waals surface area contributed by atoms with Gasteiger partial charge >= 0.3 is 0 Å². The first-order chi connectivity index (χ1) is 8.13. The Morgan fingerprint density at radius 1 is 1.41 bits per heavy atom. The second kappa shape index (κ2) is 7.29. The van der Waals surface area contributed by atoms with E-state index in [1.165, 1.54) is 0 Å². The Morgan fingerprint density at radius 3 is 2.82 bits per heavy atom. The Morgan fingerprint density at radius 2 is 2.18 bits per heavy atom. The Balaban J connectivity index is 2.30. The fraction of sp³-hybridized carbons (Fsp3) is 0.800. The predicted octanol–water partition coefficient (Wildman–Crippen LogP) is 1.56. The van der Waals surface area contributed by atoms with Gasteiger partial charge in [-0.05, 0) is 13.5 Å². The largest absolute Gasteiger partial charge is 0.423 e. The second-order valence-electron chi connectivity index (χ2n) is 3.53. The van der Waals surface area contributed by atoms with Crippen molar-refractivity contribution in [1.29, 1.82) is 0 Å². The van der Waals surface area contributed by atoms with Gasteiger partial charge in [-0.15, -0.1) is 10.2 Å². The molecular weight excluding hydrogens is 232 g/mol. The predicted molar refractivity (Wildman–Crippen MR) is 56.9 cm³/mol. The second-order valence-corrected chi connectivity index (χ2v) is 3.53. The van der Waals surface area contributed by atoms with Crippen LogP contribution in [0.1, 0.15) is 31.7 Å². The van der Waals surface area contributed by atoms with Crippen molar-refractivity contribution in [2.45, 2.75) is 32.7 Å². The summed E-state index contributed by atoms with van der Waals surface area (Å²) in [5, 5.41) is 10.8. The molecule has 1 rings (SSSR count).